The summed E-state index contributed by atoms with van der Waals surface area (Å²) < 4.78 is 0. The maximum Gasteiger partial charge on any atom is 0.101 e. The van der Waals surface area contributed by atoms with Crippen LogP contribution in [0.2, 0.25) is 0 Å². The summed E-state index contributed by atoms with van der Waals surface area (Å²) in [5.41, 5.74) is 1.27. The molecule has 0 aliphatic heterocycles. The topological polar surface area (TPSA) is 3.24 Å². The van der Waals surface area contributed by atoms with E-state index in [1.165, 1.54) is 5.57 Å². The van der Waals surface area contributed by atoms with Crippen molar-refractivity contribution in [1.29, 1.82) is 0 Å². The molecule has 0 aliphatic rings. The van der Waals surface area contributed by atoms with Crippen molar-refractivity contribution < 1.29 is 0 Å². The molecule has 0 bridgehead atoms. The number of likely N-dealkylation sites (N-methyl/N-ethyl adjacent to an activating group) is 1. The second-order valence-electron chi connectivity index (χ2n) is 2.73. The van der Waals surface area contributed by atoms with Gasteiger partial charge in [0.15, 0.2) is 0 Å². The van der Waals surface area contributed by atoms with Crippen molar-refractivity contribution in [2.45, 2.75) is 27.7 Å². The van der Waals surface area contributed by atoms with E-state index in [-0.39, 0.29) is 0 Å². The van der Waals surface area contributed by atoms with E-state index in [1.807, 2.05) is 6.08 Å². The zero-order valence-corrected chi connectivity index (χ0v) is 8.66. The molecule has 0 aromatic rings. The molecule has 0 amide bonds. The van der Waals surface area contributed by atoms with Crippen molar-refractivity contribution in [3.63, 3.8) is 0 Å². The Bertz CT molecular complexity index is 153. The Labute approximate surface area is 75.1 Å². The molecule has 0 rings (SSSR count). The van der Waals surface area contributed by atoms with Gasteiger partial charge >= 0.3 is 0 Å². The normalized spacial score (nSPS) is 9.09. The van der Waals surface area contributed by atoms with Crippen LogP contribution in [0.15, 0.2) is 11.6 Å². The minimum absolute atomic E-state index is 0.954. The number of rotatable bonds is 3. The fourth-order valence-electron chi connectivity index (χ4n) is 0.874. The minimum Gasteiger partial charge on any atom is -0.363 e. The van der Waals surface area contributed by atoms with Crippen LogP contribution in [0.25, 0.3) is 0 Å². The van der Waals surface area contributed by atoms with Gasteiger partial charge in [-0.15, -0.1) is 0 Å². The Kier molecular flexibility index (Phi) is 5.12. The molecule has 0 heterocycles. The Morgan fingerprint density at radius 3 is 2.00 bits per heavy atom. The Morgan fingerprint density at radius 2 is 1.73 bits per heavy atom. The molecule has 11 heavy (non-hydrogen) atoms. The van der Waals surface area contributed by atoms with E-state index < -0.39 is 0 Å². The lowest BCUT2D eigenvalue weighted by Crippen LogP contribution is -2.27. The Morgan fingerprint density at radius 1 is 1.27 bits per heavy atom. The van der Waals surface area contributed by atoms with Crippen LogP contribution < -0.4 is 0 Å². The van der Waals surface area contributed by atoms with Crippen molar-refractivity contribution in [3.05, 3.63) is 11.6 Å². The lowest BCUT2D eigenvalue weighted by molar-refractivity contribution is 0.476. The molecule has 0 atom stereocenters. The van der Waals surface area contributed by atoms with Gasteiger partial charge in [-0.2, -0.15) is 0 Å². The van der Waals surface area contributed by atoms with Crippen LogP contribution in [0.3, 0.4) is 0 Å². The van der Waals surface area contributed by atoms with Crippen molar-refractivity contribution >= 4 is 17.2 Å². The Balaban J connectivity index is 4.11. The second-order valence-corrected chi connectivity index (χ2v) is 3.15. The van der Waals surface area contributed by atoms with Gasteiger partial charge in [0.1, 0.15) is 4.99 Å². The molecular weight excluding hydrogens is 154 g/mol. The van der Waals surface area contributed by atoms with Gasteiger partial charge in [0.05, 0.1) is 0 Å². The third kappa shape index (κ3) is 4.14. The van der Waals surface area contributed by atoms with Gasteiger partial charge in [-0.1, -0.05) is 17.8 Å². The molecule has 0 aliphatic carbocycles. The summed E-state index contributed by atoms with van der Waals surface area (Å²) in [6.07, 6.45) is 2.04. The molecule has 64 valence electrons. The van der Waals surface area contributed by atoms with Crippen LogP contribution in [0, 0.1) is 0 Å². The summed E-state index contributed by atoms with van der Waals surface area (Å²) in [4.78, 5) is 3.12. The largest absolute Gasteiger partial charge is 0.363 e. The first-order valence-corrected chi connectivity index (χ1v) is 4.46. The highest BCUT2D eigenvalue weighted by Gasteiger charge is 1.99. The molecule has 0 radical (unpaired) electrons. The standard InChI is InChI=1S/C9H17NS/c1-5-10(6-2)9(11)7-8(3)4/h7H,5-6H2,1-4H3. The van der Waals surface area contributed by atoms with Crippen molar-refractivity contribution in [1.82, 2.24) is 4.90 Å². The number of hydrogen-bond acceptors (Lipinski definition) is 1. The lowest BCUT2D eigenvalue weighted by Gasteiger charge is -2.19. The van der Waals surface area contributed by atoms with Gasteiger partial charge in [-0.05, 0) is 33.8 Å². The van der Waals surface area contributed by atoms with Crippen LogP contribution in [-0.2, 0) is 0 Å². The summed E-state index contributed by atoms with van der Waals surface area (Å²) >= 11 is 5.20. The molecule has 0 fully saturated rings. The number of nitrogens with zero attached hydrogens (tertiary/aromatic N) is 1. The average molecular weight is 171 g/mol. The molecule has 0 saturated carbocycles. The first-order valence-electron chi connectivity index (χ1n) is 4.05. The van der Waals surface area contributed by atoms with E-state index in [1.54, 1.807) is 0 Å². The fourth-order valence-corrected chi connectivity index (χ4v) is 1.37. The van der Waals surface area contributed by atoms with Gasteiger partial charge < -0.3 is 4.90 Å². The monoisotopic (exact) mass is 171 g/mol. The number of hydrogen-bond donors (Lipinski definition) is 0. The summed E-state index contributed by atoms with van der Waals surface area (Å²) in [5, 5.41) is 0. The summed E-state index contributed by atoms with van der Waals surface area (Å²) in [6.45, 7) is 10.4. The third-order valence-electron chi connectivity index (χ3n) is 1.49. The second kappa shape index (κ2) is 5.30. The predicted molar refractivity (Wildman–Crippen MR) is 55.0 cm³/mol. The van der Waals surface area contributed by atoms with Gasteiger partial charge in [-0.3, -0.25) is 0 Å². The fraction of sp³-hybridized carbons (Fsp3) is 0.667. The van der Waals surface area contributed by atoms with E-state index in [0.717, 1.165) is 18.1 Å². The first kappa shape index (κ1) is 10.6. The highest BCUT2D eigenvalue weighted by Crippen LogP contribution is 1.97. The maximum atomic E-state index is 5.20. The zero-order chi connectivity index (χ0) is 8.85. The molecule has 0 N–H and O–H groups in total. The Hall–Kier alpha value is -0.370. The van der Waals surface area contributed by atoms with E-state index in [4.69, 9.17) is 12.2 Å². The number of allylic oxidation sites excluding steroid dienone is 1. The lowest BCUT2D eigenvalue weighted by atomic mass is 10.3. The molecule has 0 spiro atoms. The molecule has 0 saturated heterocycles. The van der Waals surface area contributed by atoms with E-state index in [0.29, 0.717) is 0 Å². The van der Waals surface area contributed by atoms with E-state index in [9.17, 15) is 0 Å². The predicted octanol–water partition coefficient (Wildman–Crippen LogP) is 2.62. The maximum absolute atomic E-state index is 5.20. The highest BCUT2D eigenvalue weighted by molar-refractivity contribution is 7.80. The first-order chi connectivity index (χ1) is 5.11. The summed E-state index contributed by atoms with van der Waals surface area (Å²) in [6, 6.07) is 0. The zero-order valence-electron chi connectivity index (χ0n) is 7.85. The summed E-state index contributed by atoms with van der Waals surface area (Å²) in [5.74, 6) is 0. The van der Waals surface area contributed by atoms with Crippen molar-refractivity contribution in [3.8, 4) is 0 Å². The molecule has 1 nitrogen and oxygen atoms in total. The van der Waals surface area contributed by atoms with Crippen LogP contribution in [0.5, 0.6) is 0 Å². The van der Waals surface area contributed by atoms with Gasteiger partial charge in [0.25, 0.3) is 0 Å². The van der Waals surface area contributed by atoms with Crippen LogP contribution in [-0.4, -0.2) is 23.0 Å². The van der Waals surface area contributed by atoms with Crippen LogP contribution >= 0.6 is 12.2 Å². The molecule has 0 aromatic carbocycles. The van der Waals surface area contributed by atoms with Gasteiger partial charge in [0.2, 0.25) is 0 Å². The third-order valence-corrected chi connectivity index (χ3v) is 1.86. The van der Waals surface area contributed by atoms with E-state index in [2.05, 4.69) is 32.6 Å². The van der Waals surface area contributed by atoms with Crippen LogP contribution in [0.1, 0.15) is 27.7 Å². The molecule has 2 heteroatoms. The molecule has 0 unspecified atom stereocenters. The average Bonchev–Trinajstić information content (AvgIpc) is 1.88. The number of thiocarbonyl (C=S) groups is 1. The summed E-state index contributed by atoms with van der Waals surface area (Å²) in [7, 11) is 0. The van der Waals surface area contributed by atoms with Crippen molar-refractivity contribution in [2.75, 3.05) is 13.1 Å². The molecule has 0 aromatic heterocycles. The highest BCUT2D eigenvalue weighted by atomic mass is 32.1. The smallest absolute Gasteiger partial charge is 0.101 e. The molecular formula is C9H17NS. The van der Waals surface area contributed by atoms with Gasteiger partial charge in [0, 0.05) is 13.1 Å². The van der Waals surface area contributed by atoms with E-state index >= 15 is 0 Å². The minimum atomic E-state index is 0.954. The SMILES string of the molecule is CCN(CC)C(=S)C=C(C)C. The van der Waals surface area contributed by atoms with Crippen molar-refractivity contribution in [2.24, 2.45) is 0 Å². The van der Waals surface area contributed by atoms with Crippen LogP contribution in [0.4, 0.5) is 0 Å². The quantitative estimate of drug-likeness (QED) is 0.474. The van der Waals surface area contributed by atoms with Gasteiger partial charge in [-0.25, -0.2) is 0 Å².